The molecule has 2 atom stereocenters. The molecule has 0 amide bonds. The molecule has 1 N–H and O–H groups in total. The van der Waals surface area contributed by atoms with Crippen LogP contribution in [0.1, 0.15) is 33.3 Å². The van der Waals surface area contributed by atoms with Gasteiger partial charge in [0.1, 0.15) is 0 Å². The molecule has 1 aliphatic heterocycles. The van der Waals surface area contributed by atoms with E-state index in [-0.39, 0.29) is 5.54 Å². The fraction of sp³-hybridized carbons (Fsp3) is 0.667. The van der Waals surface area contributed by atoms with Crippen LogP contribution in [0.3, 0.4) is 0 Å². The summed E-state index contributed by atoms with van der Waals surface area (Å²) < 4.78 is 5.58. The Hall–Kier alpha value is -0.900. The third kappa shape index (κ3) is 4.06. The molecule has 0 saturated carbocycles. The topological polar surface area (TPSA) is 24.5 Å². The third-order valence-electron chi connectivity index (χ3n) is 4.60. The van der Waals surface area contributed by atoms with Crippen molar-refractivity contribution in [2.75, 3.05) is 32.8 Å². The molecule has 3 heteroatoms. The van der Waals surface area contributed by atoms with Crippen molar-refractivity contribution in [2.24, 2.45) is 5.92 Å². The van der Waals surface area contributed by atoms with E-state index in [0.29, 0.717) is 12.0 Å². The van der Waals surface area contributed by atoms with Crippen molar-refractivity contribution in [1.29, 1.82) is 0 Å². The molecule has 3 nitrogen and oxygen atoms in total. The highest BCUT2D eigenvalue weighted by Gasteiger charge is 2.37. The molecule has 0 bridgehead atoms. The summed E-state index contributed by atoms with van der Waals surface area (Å²) >= 11 is 0. The quantitative estimate of drug-likeness (QED) is 0.815. The van der Waals surface area contributed by atoms with E-state index in [1.165, 1.54) is 5.56 Å². The molecule has 1 heterocycles. The highest BCUT2D eigenvalue weighted by Crippen LogP contribution is 2.28. The van der Waals surface area contributed by atoms with Gasteiger partial charge >= 0.3 is 0 Å². The van der Waals surface area contributed by atoms with E-state index >= 15 is 0 Å². The van der Waals surface area contributed by atoms with Crippen molar-refractivity contribution in [1.82, 2.24) is 10.2 Å². The summed E-state index contributed by atoms with van der Waals surface area (Å²) in [6, 6.07) is 11.4. The highest BCUT2D eigenvalue weighted by atomic mass is 16.5. The Morgan fingerprint density at radius 3 is 2.67 bits per heavy atom. The lowest BCUT2D eigenvalue weighted by Gasteiger charge is -2.48. The van der Waals surface area contributed by atoms with E-state index in [1.54, 1.807) is 0 Å². The predicted octanol–water partition coefficient (Wildman–Crippen LogP) is 2.87. The fourth-order valence-corrected chi connectivity index (χ4v) is 3.27. The first-order chi connectivity index (χ1) is 10.1. The summed E-state index contributed by atoms with van der Waals surface area (Å²) in [6.45, 7) is 13.7. The van der Waals surface area contributed by atoms with Crippen LogP contribution in [0.4, 0.5) is 0 Å². The number of ether oxygens (including phenoxy) is 1. The molecule has 0 radical (unpaired) electrons. The molecule has 1 fully saturated rings. The number of rotatable bonds is 6. The van der Waals surface area contributed by atoms with Crippen LogP contribution in [0.5, 0.6) is 0 Å². The summed E-state index contributed by atoms with van der Waals surface area (Å²) in [6.07, 6.45) is 0. The van der Waals surface area contributed by atoms with Gasteiger partial charge in [-0.15, -0.1) is 0 Å². The van der Waals surface area contributed by atoms with E-state index in [1.807, 2.05) is 0 Å². The van der Waals surface area contributed by atoms with E-state index in [4.69, 9.17) is 4.74 Å². The van der Waals surface area contributed by atoms with Gasteiger partial charge < -0.3 is 10.1 Å². The minimum absolute atomic E-state index is 0.0267. The SMILES string of the molecule is CCOCCN1CC(C)(c2ccccc2)NCC1C(C)C. The second-order valence-corrected chi connectivity index (χ2v) is 6.56. The Balaban J connectivity index is 2.10. The summed E-state index contributed by atoms with van der Waals surface area (Å²) in [7, 11) is 0. The maximum Gasteiger partial charge on any atom is 0.0593 e. The number of hydrogen-bond donors (Lipinski definition) is 1. The van der Waals surface area contributed by atoms with Crippen molar-refractivity contribution in [3.63, 3.8) is 0 Å². The summed E-state index contributed by atoms with van der Waals surface area (Å²) in [4.78, 5) is 2.60. The van der Waals surface area contributed by atoms with Crippen LogP contribution in [-0.2, 0) is 10.3 Å². The second kappa shape index (κ2) is 7.39. The number of piperazine rings is 1. The third-order valence-corrected chi connectivity index (χ3v) is 4.60. The fourth-order valence-electron chi connectivity index (χ4n) is 3.27. The number of nitrogens with one attached hydrogen (secondary N) is 1. The van der Waals surface area contributed by atoms with Gasteiger partial charge in [0.15, 0.2) is 0 Å². The van der Waals surface area contributed by atoms with Crippen LogP contribution in [0, 0.1) is 5.92 Å². The largest absolute Gasteiger partial charge is 0.380 e. The lowest BCUT2D eigenvalue weighted by molar-refractivity contribution is 0.0306. The van der Waals surface area contributed by atoms with Gasteiger partial charge in [-0.05, 0) is 25.3 Å². The van der Waals surface area contributed by atoms with Crippen LogP contribution in [-0.4, -0.2) is 43.8 Å². The standard InChI is InChI=1S/C18H30N2O/c1-5-21-12-11-20-14-18(4,16-9-7-6-8-10-16)19-13-17(20)15(2)3/h6-10,15,17,19H,5,11-14H2,1-4H3. The van der Waals surface area contributed by atoms with Gasteiger partial charge in [-0.1, -0.05) is 44.2 Å². The summed E-state index contributed by atoms with van der Waals surface area (Å²) in [5.74, 6) is 0.652. The average molecular weight is 290 g/mol. The van der Waals surface area contributed by atoms with Gasteiger partial charge in [-0.2, -0.15) is 0 Å². The minimum Gasteiger partial charge on any atom is -0.380 e. The van der Waals surface area contributed by atoms with Gasteiger partial charge in [-0.25, -0.2) is 0 Å². The Labute approximate surface area is 129 Å². The number of benzene rings is 1. The van der Waals surface area contributed by atoms with Crippen molar-refractivity contribution >= 4 is 0 Å². The highest BCUT2D eigenvalue weighted by molar-refractivity contribution is 5.25. The first-order valence-electron chi connectivity index (χ1n) is 8.19. The second-order valence-electron chi connectivity index (χ2n) is 6.56. The molecular weight excluding hydrogens is 260 g/mol. The van der Waals surface area contributed by atoms with Crippen LogP contribution in [0.2, 0.25) is 0 Å². The summed E-state index contributed by atoms with van der Waals surface area (Å²) in [5, 5.41) is 3.78. The first-order valence-corrected chi connectivity index (χ1v) is 8.19. The molecule has 0 spiro atoms. The maximum absolute atomic E-state index is 5.58. The lowest BCUT2D eigenvalue weighted by atomic mass is 9.86. The van der Waals surface area contributed by atoms with Crippen molar-refractivity contribution in [3.05, 3.63) is 35.9 Å². The van der Waals surface area contributed by atoms with E-state index < -0.39 is 0 Å². The van der Waals surface area contributed by atoms with Gasteiger partial charge in [0.2, 0.25) is 0 Å². The Bertz CT molecular complexity index is 420. The molecule has 21 heavy (non-hydrogen) atoms. The smallest absolute Gasteiger partial charge is 0.0593 e. The normalized spacial score (nSPS) is 27.2. The Kier molecular flexibility index (Phi) is 5.80. The first kappa shape index (κ1) is 16.5. The molecular formula is C18H30N2O. The zero-order valence-electron chi connectivity index (χ0n) is 13.9. The summed E-state index contributed by atoms with van der Waals surface area (Å²) in [5.41, 5.74) is 1.40. The lowest BCUT2D eigenvalue weighted by Crippen LogP contribution is -2.62. The van der Waals surface area contributed by atoms with E-state index in [2.05, 4.69) is 68.2 Å². The molecule has 2 rings (SSSR count). The molecule has 0 aromatic heterocycles. The maximum atomic E-state index is 5.58. The molecule has 118 valence electrons. The molecule has 0 aliphatic carbocycles. The van der Waals surface area contributed by atoms with Gasteiger partial charge in [0.25, 0.3) is 0 Å². The molecule has 1 aliphatic rings. The van der Waals surface area contributed by atoms with E-state index in [0.717, 1.165) is 32.8 Å². The molecule has 1 aromatic carbocycles. The molecule has 1 aromatic rings. The van der Waals surface area contributed by atoms with E-state index in [9.17, 15) is 0 Å². The zero-order valence-corrected chi connectivity index (χ0v) is 13.9. The van der Waals surface area contributed by atoms with Crippen molar-refractivity contribution in [3.8, 4) is 0 Å². The molecule has 2 unspecified atom stereocenters. The zero-order chi connectivity index (χ0) is 15.3. The monoisotopic (exact) mass is 290 g/mol. The Morgan fingerprint density at radius 2 is 2.05 bits per heavy atom. The van der Waals surface area contributed by atoms with Crippen molar-refractivity contribution < 1.29 is 4.74 Å². The van der Waals surface area contributed by atoms with Crippen LogP contribution in [0.25, 0.3) is 0 Å². The molecule has 1 saturated heterocycles. The number of hydrogen-bond acceptors (Lipinski definition) is 3. The number of nitrogens with zero attached hydrogens (tertiary/aromatic N) is 1. The average Bonchev–Trinajstić information content (AvgIpc) is 2.48. The minimum atomic E-state index is 0.0267. The van der Waals surface area contributed by atoms with Gasteiger partial charge in [-0.3, -0.25) is 4.90 Å². The van der Waals surface area contributed by atoms with Crippen LogP contribution >= 0.6 is 0 Å². The van der Waals surface area contributed by atoms with Crippen LogP contribution in [0.15, 0.2) is 30.3 Å². The Morgan fingerprint density at radius 1 is 1.33 bits per heavy atom. The van der Waals surface area contributed by atoms with Crippen molar-refractivity contribution in [2.45, 2.75) is 39.3 Å². The van der Waals surface area contributed by atoms with Crippen LogP contribution < -0.4 is 5.32 Å². The van der Waals surface area contributed by atoms with Gasteiger partial charge in [0.05, 0.1) is 12.1 Å². The van der Waals surface area contributed by atoms with Gasteiger partial charge in [0, 0.05) is 32.3 Å². The predicted molar refractivity (Wildman–Crippen MR) is 88.5 cm³/mol.